The molecule has 1 rings (SSSR count). The first kappa shape index (κ1) is 10.8. The Kier molecular flexibility index (Phi) is 3.29. The van der Waals surface area contributed by atoms with Gasteiger partial charge in [0.2, 0.25) is 5.91 Å². The smallest absolute Gasteiger partial charge is 0.312 e. The molecule has 1 aliphatic carbocycles. The van der Waals surface area contributed by atoms with Gasteiger partial charge in [0, 0.05) is 13.1 Å². The second-order valence-corrected chi connectivity index (χ2v) is 3.56. The van der Waals surface area contributed by atoms with Gasteiger partial charge >= 0.3 is 6.03 Å². The monoisotopic (exact) mass is 200 g/mol. The second kappa shape index (κ2) is 4.28. The number of carbonyl (C=O) groups is 2. The van der Waals surface area contributed by atoms with Crippen LogP contribution in [0.5, 0.6) is 0 Å². The molecule has 1 aliphatic rings. The minimum Gasteiger partial charge on any atom is -0.353 e. The molecule has 0 aromatic heterocycles. The van der Waals surface area contributed by atoms with Crippen molar-refractivity contribution in [2.24, 2.45) is 11.5 Å². The summed E-state index contributed by atoms with van der Waals surface area (Å²) in [6, 6.07) is -0.592. The van der Waals surface area contributed by atoms with E-state index in [2.05, 4.69) is 10.6 Å². The molecule has 0 radical (unpaired) electrons. The fourth-order valence-electron chi connectivity index (χ4n) is 1.32. The van der Waals surface area contributed by atoms with Crippen LogP contribution in [0.1, 0.15) is 19.3 Å². The van der Waals surface area contributed by atoms with Crippen molar-refractivity contribution in [2.45, 2.75) is 24.8 Å². The topological polar surface area (TPSA) is 110 Å². The van der Waals surface area contributed by atoms with Crippen molar-refractivity contribution in [3.8, 4) is 0 Å². The Morgan fingerprint density at radius 1 is 1.21 bits per heavy atom. The van der Waals surface area contributed by atoms with Gasteiger partial charge in [-0.15, -0.1) is 0 Å². The first-order valence-electron chi connectivity index (χ1n) is 4.65. The van der Waals surface area contributed by atoms with E-state index in [-0.39, 0.29) is 5.91 Å². The lowest BCUT2D eigenvalue weighted by Gasteiger charge is -2.36. The highest BCUT2D eigenvalue weighted by molar-refractivity contribution is 5.87. The molecular weight excluding hydrogens is 184 g/mol. The van der Waals surface area contributed by atoms with Crippen LogP contribution in [0.15, 0.2) is 0 Å². The van der Waals surface area contributed by atoms with Gasteiger partial charge in [0.1, 0.15) is 0 Å². The summed E-state index contributed by atoms with van der Waals surface area (Å²) in [6.07, 6.45) is 2.48. The minimum absolute atomic E-state index is 0.143. The Labute approximate surface area is 82.4 Å². The maximum atomic E-state index is 11.4. The first-order chi connectivity index (χ1) is 6.54. The number of nitrogens with two attached hydrogens (primary N) is 2. The zero-order chi connectivity index (χ0) is 10.6. The van der Waals surface area contributed by atoms with Gasteiger partial charge in [-0.3, -0.25) is 4.79 Å². The van der Waals surface area contributed by atoms with Crippen LogP contribution in [0.25, 0.3) is 0 Å². The molecule has 0 saturated heterocycles. The predicted molar refractivity (Wildman–Crippen MR) is 51.4 cm³/mol. The first-order valence-corrected chi connectivity index (χ1v) is 4.65. The number of hydrogen-bond acceptors (Lipinski definition) is 3. The maximum Gasteiger partial charge on any atom is 0.312 e. The molecule has 0 spiro atoms. The Balaban J connectivity index is 2.12. The fraction of sp³-hybridized carbons (Fsp3) is 0.750. The van der Waals surface area contributed by atoms with Crippen LogP contribution in [0.2, 0.25) is 0 Å². The highest BCUT2D eigenvalue weighted by atomic mass is 16.2. The van der Waals surface area contributed by atoms with Gasteiger partial charge in [-0.05, 0) is 19.3 Å². The van der Waals surface area contributed by atoms with Gasteiger partial charge in [-0.1, -0.05) is 0 Å². The third-order valence-corrected chi connectivity index (χ3v) is 2.41. The van der Waals surface area contributed by atoms with Gasteiger partial charge in [-0.2, -0.15) is 0 Å². The van der Waals surface area contributed by atoms with Crippen LogP contribution in [0, 0.1) is 0 Å². The standard InChI is InChI=1S/C8H16N4O2/c9-7(14)12-5-4-11-6(13)8(10)2-1-3-8/h1-5,10H2,(H,11,13)(H3,9,12,14). The predicted octanol–water partition coefficient (Wildman–Crippen LogP) is -1.35. The van der Waals surface area contributed by atoms with Crippen LogP contribution in [-0.4, -0.2) is 30.6 Å². The summed E-state index contributed by atoms with van der Waals surface area (Å²) in [5, 5.41) is 5.02. The summed E-state index contributed by atoms with van der Waals surface area (Å²) in [4.78, 5) is 21.7. The normalized spacial score (nSPS) is 18.1. The van der Waals surface area contributed by atoms with E-state index in [1.54, 1.807) is 0 Å². The molecule has 6 N–H and O–H groups in total. The number of hydrogen-bond donors (Lipinski definition) is 4. The van der Waals surface area contributed by atoms with E-state index in [0.29, 0.717) is 13.1 Å². The van der Waals surface area contributed by atoms with Crippen LogP contribution < -0.4 is 22.1 Å². The van der Waals surface area contributed by atoms with E-state index in [0.717, 1.165) is 19.3 Å². The molecule has 1 saturated carbocycles. The fourth-order valence-corrected chi connectivity index (χ4v) is 1.32. The SMILES string of the molecule is NC(=O)NCCNC(=O)C1(N)CCC1. The largest absolute Gasteiger partial charge is 0.353 e. The van der Waals surface area contributed by atoms with E-state index in [1.165, 1.54) is 0 Å². The molecule has 0 aliphatic heterocycles. The molecule has 1 fully saturated rings. The Bertz CT molecular complexity index is 237. The van der Waals surface area contributed by atoms with Crippen LogP contribution in [0.4, 0.5) is 4.79 Å². The van der Waals surface area contributed by atoms with Gasteiger partial charge < -0.3 is 22.1 Å². The molecule has 0 unspecified atom stereocenters. The number of amides is 3. The summed E-state index contributed by atoms with van der Waals surface area (Å²) >= 11 is 0. The van der Waals surface area contributed by atoms with Gasteiger partial charge in [0.15, 0.2) is 0 Å². The molecule has 3 amide bonds. The lowest BCUT2D eigenvalue weighted by molar-refractivity contribution is -0.129. The molecule has 0 aromatic carbocycles. The summed E-state index contributed by atoms with van der Waals surface area (Å²) in [5.41, 5.74) is 9.94. The summed E-state index contributed by atoms with van der Waals surface area (Å²) in [7, 11) is 0. The lowest BCUT2D eigenvalue weighted by Crippen LogP contribution is -2.59. The number of primary amides is 1. The molecule has 80 valence electrons. The van der Waals surface area contributed by atoms with E-state index in [1.807, 2.05) is 0 Å². The quantitative estimate of drug-likeness (QED) is 0.421. The van der Waals surface area contributed by atoms with Crippen molar-refractivity contribution < 1.29 is 9.59 Å². The molecule has 14 heavy (non-hydrogen) atoms. The minimum atomic E-state index is -0.674. The number of rotatable bonds is 4. The van der Waals surface area contributed by atoms with Gasteiger partial charge in [0.05, 0.1) is 5.54 Å². The Hall–Kier alpha value is -1.30. The van der Waals surface area contributed by atoms with E-state index in [4.69, 9.17) is 11.5 Å². The molecule has 6 nitrogen and oxygen atoms in total. The summed E-state index contributed by atoms with van der Waals surface area (Å²) in [6.45, 7) is 0.692. The zero-order valence-electron chi connectivity index (χ0n) is 8.01. The van der Waals surface area contributed by atoms with Gasteiger partial charge in [0.25, 0.3) is 0 Å². The number of carbonyl (C=O) groups excluding carboxylic acids is 2. The summed E-state index contributed by atoms with van der Waals surface area (Å²) in [5.74, 6) is -0.143. The number of nitrogens with one attached hydrogen (secondary N) is 2. The highest BCUT2D eigenvalue weighted by Gasteiger charge is 2.39. The second-order valence-electron chi connectivity index (χ2n) is 3.56. The van der Waals surface area contributed by atoms with Gasteiger partial charge in [-0.25, -0.2) is 4.79 Å². The zero-order valence-corrected chi connectivity index (χ0v) is 8.01. The van der Waals surface area contributed by atoms with Crippen molar-refractivity contribution in [3.63, 3.8) is 0 Å². The third kappa shape index (κ3) is 2.59. The number of urea groups is 1. The van der Waals surface area contributed by atoms with E-state index >= 15 is 0 Å². The van der Waals surface area contributed by atoms with E-state index < -0.39 is 11.6 Å². The molecule has 0 bridgehead atoms. The van der Waals surface area contributed by atoms with Crippen molar-refractivity contribution in [1.82, 2.24) is 10.6 Å². The Morgan fingerprint density at radius 2 is 1.79 bits per heavy atom. The molecule has 0 atom stereocenters. The average Bonchev–Trinajstić information content (AvgIpc) is 2.07. The molecule has 0 heterocycles. The highest BCUT2D eigenvalue weighted by Crippen LogP contribution is 2.28. The average molecular weight is 200 g/mol. The van der Waals surface area contributed by atoms with Crippen molar-refractivity contribution in [2.75, 3.05) is 13.1 Å². The lowest BCUT2D eigenvalue weighted by atomic mass is 9.77. The summed E-state index contributed by atoms with van der Waals surface area (Å²) < 4.78 is 0. The molecule has 0 aromatic rings. The molecular formula is C8H16N4O2. The van der Waals surface area contributed by atoms with Crippen molar-refractivity contribution >= 4 is 11.9 Å². The molecule has 6 heteroatoms. The maximum absolute atomic E-state index is 11.4. The third-order valence-electron chi connectivity index (χ3n) is 2.41. The Morgan fingerprint density at radius 3 is 2.21 bits per heavy atom. The van der Waals surface area contributed by atoms with Crippen molar-refractivity contribution in [1.29, 1.82) is 0 Å². The van der Waals surface area contributed by atoms with Crippen LogP contribution in [-0.2, 0) is 4.79 Å². The van der Waals surface area contributed by atoms with E-state index in [9.17, 15) is 9.59 Å². The van der Waals surface area contributed by atoms with Crippen LogP contribution >= 0.6 is 0 Å². The van der Waals surface area contributed by atoms with Crippen LogP contribution in [0.3, 0.4) is 0 Å². The van der Waals surface area contributed by atoms with Crippen molar-refractivity contribution in [3.05, 3.63) is 0 Å².